The van der Waals surface area contributed by atoms with Gasteiger partial charge in [-0.3, -0.25) is 48.5 Å². The van der Waals surface area contributed by atoms with Gasteiger partial charge in [-0.15, -0.1) is 0 Å². The Morgan fingerprint density at radius 2 is 1.03 bits per heavy atom. The Morgan fingerprint density at radius 1 is 0.571 bits per heavy atom. The summed E-state index contributed by atoms with van der Waals surface area (Å²) >= 11 is 0. The normalized spacial score (nSPS) is 15.3. The van der Waals surface area contributed by atoms with Crippen LogP contribution in [0.25, 0.3) is 0 Å². The number of benzene rings is 1. The van der Waals surface area contributed by atoms with E-state index in [0.717, 1.165) is 0 Å². The van der Waals surface area contributed by atoms with Crippen molar-refractivity contribution >= 4 is 59.3 Å². The minimum atomic E-state index is -1.79. The van der Waals surface area contributed by atoms with Crippen molar-refractivity contribution in [1.29, 1.82) is 0 Å². The van der Waals surface area contributed by atoms with E-state index in [0.29, 0.717) is 24.9 Å². The average molecular weight is 1090 g/mol. The zero-order valence-corrected chi connectivity index (χ0v) is 47.1. The van der Waals surface area contributed by atoms with Gasteiger partial charge in [0.1, 0.15) is 53.6 Å². The van der Waals surface area contributed by atoms with Crippen molar-refractivity contribution in [1.82, 2.24) is 42.5 Å². The van der Waals surface area contributed by atoms with E-state index >= 15 is 0 Å². The van der Waals surface area contributed by atoms with Crippen LogP contribution in [-0.2, 0) is 59.0 Å². The lowest BCUT2D eigenvalue weighted by atomic mass is 9.99. The van der Waals surface area contributed by atoms with Gasteiger partial charge in [0.15, 0.2) is 0 Å². The van der Waals surface area contributed by atoms with Gasteiger partial charge in [0, 0.05) is 6.42 Å². The Kier molecular flexibility index (Phi) is 28.8. The van der Waals surface area contributed by atoms with E-state index in [9.17, 15) is 58.2 Å². The molecule has 16 N–H and O–H groups in total. The summed E-state index contributed by atoms with van der Waals surface area (Å²) in [7, 11) is 0. The number of aliphatic hydroxyl groups is 1. The highest BCUT2D eigenvalue weighted by Crippen LogP contribution is 2.17. The second kappa shape index (κ2) is 32.3. The lowest BCUT2D eigenvalue weighted by molar-refractivity contribution is -0.139. The van der Waals surface area contributed by atoms with E-state index in [1.807, 2.05) is 0 Å². The SMILES string of the molecule is CC(C)C[C@H](NC(=O)[C@H](Cc1ccc(O)cc1)NC(=O)[C@@H](N)CCCCN)C(=O)N[C@@H](CC(N)=O)C(=O)N[C@@H](CO)C(=O)N[C@H](C(=O)N[C@@H](CC(C)C)C(=O)N[C@H](C(=O)NC(=O)OC(C)(C)C)[C@@H](C)OC(C)(C)C)C(C)C. The molecule has 0 spiro atoms. The summed E-state index contributed by atoms with van der Waals surface area (Å²) in [4.78, 5) is 135. The van der Waals surface area contributed by atoms with Gasteiger partial charge < -0.3 is 74.1 Å². The molecular formula is C52H89N11O14. The third kappa shape index (κ3) is 26.9. The molecule has 1 aromatic carbocycles. The highest BCUT2D eigenvalue weighted by Gasteiger charge is 2.38. The number of hydrogen-bond acceptors (Lipinski definition) is 16. The highest BCUT2D eigenvalue weighted by atomic mass is 16.6. The second-order valence-corrected chi connectivity index (χ2v) is 22.3. The number of aromatic hydroxyl groups is 1. The van der Waals surface area contributed by atoms with Gasteiger partial charge in [-0.1, -0.05) is 60.1 Å². The predicted molar refractivity (Wildman–Crippen MR) is 286 cm³/mol. The number of imide groups is 1. The van der Waals surface area contributed by atoms with Gasteiger partial charge in [-0.25, -0.2) is 4.79 Å². The van der Waals surface area contributed by atoms with Crippen molar-refractivity contribution in [2.24, 2.45) is 35.0 Å². The molecule has 0 aliphatic carbocycles. The van der Waals surface area contributed by atoms with E-state index in [2.05, 4.69) is 42.5 Å². The minimum Gasteiger partial charge on any atom is -0.508 e. The van der Waals surface area contributed by atoms with Crippen LogP contribution in [0.4, 0.5) is 4.79 Å². The first-order chi connectivity index (χ1) is 35.6. The minimum absolute atomic E-state index is 0.00424. The van der Waals surface area contributed by atoms with Crippen LogP contribution in [0, 0.1) is 17.8 Å². The van der Waals surface area contributed by atoms with Crippen molar-refractivity contribution in [3.63, 3.8) is 0 Å². The van der Waals surface area contributed by atoms with Crippen molar-refractivity contribution < 1.29 is 67.6 Å². The van der Waals surface area contributed by atoms with Crippen LogP contribution in [-0.4, -0.2) is 148 Å². The number of unbranched alkanes of at least 4 members (excludes halogenated alkanes) is 1. The van der Waals surface area contributed by atoms with E-state index in [-0.39, 0.29) is 43.3 Å². The second-order valence-electron chi connectivity index (χ2n) is 22.3. The molecule has 0 radical (unpaired) electrons. The maximum absolute atomic E-state index is 14.0. The molecule has 0 aliphatic rings. The lowest BCUT2D eigenvalue weighted by Gasteiger charge is -2.32. The van der Waals surface area contributed by atoms with Gasteiger partial charge in [0.2, 0.25) is 47.3 Å². The summed E-state index contributed by atoms with van der Waals surface area (Å²) in [5.41, 5.74) is 16.0. The number of phenols is 1. The van der Waals surface area contributed by atoms with Crippen LogP contribution in [0.2, 0.25) is 0 Å². The molecule has 9 atom stereocenters. The number of rotatable bonds is 31. The number of carbonyl (C=O) groups is 10. The summed E-state index contributed by atoms with van der Waals surface area (Å²) in [5, 5.41) is 40.0. The molecule has 0 aliphatic heterocycles. The molecule has 1 aromatic rings. The molecule has 0 fully saturated rings. The number of primary amides is 1. The Bertz CT molecular complexity index is 2140. The number of ether oxygens (including phenoxy) is 2. The van der Waals surface area contributed by atoms with Crippen molar-refractivity contribution in [2.45, 2.75) is 201 Å². The van der Waals surface area contributed by atoms with Crippen molar-refractivity contribution in [3.8, 4) is 5.75 Å². The van der Waals surface area contributed by atoms with Gasteiger partial charge in [-0.2, -0.15) is 0 Å². The van der Waals surface area contributed by atoms with Crippen LogP contribution in [0.15, 0.2) is 24.3 Å². The maximum Gasteiger partial charge on any atom is 0.414 e. The monoisotopic (exact) mass is 1090 g/mol. The lowest BCUT2D eigenvalue weighted by Crippen LogP contribution is -2.62. The Balaban J connectivity index is 3.41. The molecule has 10 amide bonds. The number of nitrogens with two attached hydrogens (primary N) is 3. The van der Waals surface area contributed by atoms with E-state index < -0.39 is 144 Å². The van der Waals surface area contributed by atoms with Crippen LogP contribution in [0.5, 0.6) is 5.75 Å². The van der Waals surface area contributed by atoms with Crippen LogP contribution in [0.3, 0.4) is 0 Å². The summed E-state index contributed by atoms with van der Waals surface area (Å²) in [5.74, 6) is -9.50. The number of aliphatic hydroxyl groups excluding tert-OH is 1. The van der Waals surface area contributed by atoms with Gasteiger partial charge >= 0.3 is 6.09 Å². The topological polar surface area (TPSA) is 404 Å². The van der Waals surface area contributed by atoms with Crippen LogP contribution >= 0.6 is 0 Å². The number of alkyl carbamates (subject to hydrolysis) is 1. The Labute approximate surface area is 452 Å². The molecule has 0 aromatic heterocycles. The van der Waals surface area contributed by atoms with Gasteiger partial charge in [0.25, 0.3) is 5.91 Å². The first-order valence-electron chi connectivity index (χ1n) is 26.0. The fourth-order valence-corrected chi connectivity index (χ4v) is 7.63. The Morgan fingerprint density at radius 3 is 1.51 bits per heavy atom. The predicted octanol–water partition coefficient (Wildman–Crippen LogP) is -0.345. The summed E-state index contributed by atoms with van der Waals surface area (Å²) in [6, 6.07) is -5.49. The summed E-state index contributed by atoms with van der Waals surface area (Å²) in [6.07, 6.45) is -1.47. The first kappa shape index (κ1) is 68.6. The zero-order valence-electron chi connectivity index (χ0n) is 47.1. The number of amides is 10. The molecule has 0 heterocycles. The third-order valence-corrected chi connectivity index (χ3v) is 11.3. The van der Waals surface area contributed by atoms with Crippen molar-refractivity contribution in [3.05, 3.63) is 29.8 Å². The quantitative estimate of drug-likeness (QED) is 0.0423. The molecule has 0 saturated heterocycles. The van der Waals surface area contributed by atoms with Gasteiger partial charge in [0.05, 0.1) is 30.8 Å². The van der Waals surface area contributed by atoms with Gasteiger partial charge in [-0.05, 0) is 116 Å². The molecule has 0 saturated carbocycles. The number of carbonyl (C=O) groups excluding carboxylic acids is 10. The fourth-order valence-electron chi connectivity index (χ4n) is 7.63. The average Bonchev–Trinajstić information content (AvgIpc) is 3.29. The highest BCUT2D eigenvalue weighted by molar-refractivity contribution is 6.00. The third-order valence-electron chi connectivity index (χ3n) is 11.3. The number of hydrogen-bond donors (Lipinski definition) is 13. The summed E-state index contributed by atoms with van der Waals surface area (Å²) < 4.78 is 11.2. The largest absolute Gasteiger partial charge is 0.508 e. The number of nitrogens with one attached hydrogen (secondary N) is 8. The van der Waals surface area contributed by atoms with Crippen LogP contribution < -0.4 is 59.7 Å². The molecule has 25 heteroatoms. The molecule has 25 nitrogen and oxygen atoms in total. The molecule has 0 unspecified atom stereocenters. The molecule has 0 bridgehead atoms. The molecule has 1 rings (SSSR count). The zero-order chi connectivity index (χ0) is 59.1. The van der Waals surface area contributed by atoms with Crippen LogP contribution in [0.1, 0.15) is 134 Å². The van der Waals surface area contributed by atoms with Crippen molar-refractivity contribution in [2.75, 3.05) is 13.2 Å². The Hall–Kier alpha value is -6.44. The van der Waals surface area contributed by atoms with E-state index in [1.165, 1.54) is 19.1 Å². The molecule has 77 heavy (non-hydrogen) atoms. The smallest absolute Gasteiger partial charge is 0.414 e. The summed E-state index contributed by atoms with van der Waals surface area (Å²) in [6.45, 7) is 21.0. The first-order valence-corrected chi connectivity index (χ1v) is 26.0. The molecular weight excluding hydrogens is 1000 g/mol. The number of phenolic OH excluding ortho intramolecular Hbond substituents is 1. The standard InChI is InChI=1S/C52H89N11O14/c1-27(2)22-34(57-44(69)36(24-31-17-19-32(65)20-18-31)56-42(67)33(54)16-14-15-21-53)43(68)58-37(25-39(55)66)45(70)60-38(26-64)47(72)61-40(29(5)6)48(73)59-35(23-28(3)4)46(71)62-41(30(7)76-51(8,9)10)49(74)63-50(75)77-52(11,12)13/h17-20,27-30,33-38,40-41,64-65H,14-16,21-26,53-54H2,1-13H3,(H2,55,66)(H,56,67)(H,57,69)(H,58,68)(H,59,73)(H,60,70)(H,61,72)(H,62,71)(H,63,74,75)/t30-,33+,34+,35+,36+,37+,38+,40+,41+/m1/s1. The van der Waals surface area contributed by atoms with E-state index in [4.69, 9.17) is 26.7 Å². The molecule has 436 valence electrons. The van der Waals surface area contributed by atoms with E-state index in [1.54, 1.807) is 95.2 Å². The fraction of sp³-hybridized carbons (Fsp3) is 0.692. The maximum atomic E-state index is 14.0.